The lowest BCUT2D eigenvalue weighted by Gasteiger charge is -2.06. The number of hydrogen-bond donors (Lipinski definition) is 1. The number of ether oxygens (including phenoxy) is 1. The van der Waals surface area contributed by atoms with Gasteiger partial charge in [0.1, 0.15) is 12.4 Å². The molecule has 0 aliphatic heterocycles. The summed E-state index contributed by atoms with van der Waals surface area (Å²) < 4.78 is 5.76. The molecule has 138 valence electrons. The number of benzene rings is 2. The third kappa shape index (κ3) is 6.38. The molecule has 0 fully saturated rings. The second-order valence-electron chi connectivity index (χ2n) is 6.10. The van der Waals surface area contributed by atoms with E-state index in [1.54, 1.807) is 23.5 Å². The summed E-state index contributed by atoms with van der Waals surface area (Å²) >= 11 is 1.62. The van der Waals surface area contributed by atoms with Crippen molar-refractivity contribution in [3.63, 3.8) is 0 Å². The van der Waals surface area contributed by atoms with Gasteiger partial charge in [-0.25, -0.2) is 4.98 Å². The van der Waals surface area contributed by atoms with Crippen molar-refractivity contribution in [2.24, 2.45) is 0 Å². The number of aryl methyl sites for hydroxylation is 1. The van der Waals surface area contributed by atoms with Crippen LogP contribution in [0.1, 0.15) is 21.8 Å². The molecule has 0 aliphatic rings. The number of nitrogens with one attached hydrogen (secondary N) is 1. The zero-order valence-electron chi connectivity index (χ0n) is 15.2. The molecular weight excluding hydrogens is 356 g/mol. The average Bonchev–Trinajstić information content (AvgIpc) is 3.11. The van der Waals surface area contributed by atoms with Gasteiger partial charge in [-0.15, -0.1) is 11.3 Å². The van der Waals surface area contributed by atoms with Crippen molar-refractivity contribution in [3.8, 4) is 5.75 Å². The Kier molecular flexibility index (Phi) is 6.77. The second kappa shape index (κ2) is 9.69. The van der Waals surface area contributed by atoms with E-state index in [1.165, 1.54) is 0 Å². The van der Waals surface area contributed by atoms with Crippen LogP contribution in [0.2, 0.25) is 0 Å². The Hall–Kier alpha value is -2.92. The van der Waals surface area contributed by atoms with E-state index in [0.29, 0.717) is 13.2 Å². The van der Waals surface area contributed by atoms with Crippen LogP contribution in [0.4, 0.5) is 0 Å². The van der Waals surface area contributed by atoms with Gasteiger partial charge in [0.15, 0.2) is 0 Å². The Morgan fingerprint density at radius 2 is 1.93 bits per heavy atom. The molecule has 1 amide bonds. The molecule has 0 saturated carbocycles. The van der Waals surface area contributed by atoms with Crippen molar-refractivity contribution in [3.05, 3.63) is 87.9 Å². The van der Waals surface area contributed by atoms with Crippen LogP contribution < -0.4 is 10.1 Å². The Labute approximate surface area is 163 Å². The molecule has 3 aromatic rings. The summed E-state index contributed by atoms with van der Waals surface area (Å²) in [5.41, 5.74) is 3.11. The van der Waals surface area contributed by atoms with Crippen molar-refractivity contribution in [2.75, 3.05) is 6.54 Å². The smallest absolute Gasteiger partial charge is 0.244 e. The van der Waals surface area contributed by atoms with Gasteiger partial charge in [0.05, 0.1) is 5.01 Å². The van der Waals surface area contributed by atoms with Crippen molar-refractivity contribution in [2.45, 2.75) is 20.0 Å². The van der Waals surface area contributed by atoms with Crippen LogP contribution in [-0.4, -0.2) is 17.4 Å². The lowest BCUT2D eigenvalue weighted by atomic mass is 10.2. The molecule has 1 N–H and O–H groups in total. The van der Waals surface area contributed by atoms with E-state index >= 15 is 0 Å². The van der Waals surface area contributed by atoms with E-state index in [4.69, 9.17) is 4.74 Å². The SMILES string of the molecule is Cc1csc(CCNC(=O)/C=C/c2ccc(OCc3ccccc3)cc2)n1. The van der Waals surface area contributed by atoms with Gasteiger partial charge in [-0.2, -0.15) is 0 Å². The third-order valence-electron chi connectivity index (χ3n) is 3.86. The van der Waals surface area contributed by atoms with Crippen LogP contribution in [0.15, 0.2) is 66.1 Å². The van der Waals surface area contributed by atoms with Crippen LogP contribution in [0.3, 0.4) is 0 Å². The van der Waals surface area contributed by atoms with E-state index in [2.05, 4.69) is 10.3 Å². The number of carbonyl (C=O) groups excluding carboxylic acids is 1. The number of aromatic nitrogens is 1. The Balaban J connectivity index is 1.42. The van der Waals surface area contributed by atoms with Gasteiger partial charge in [-0.05, 0) is 36.3 Å². The maximum absolute atomic E-state index is 11.9. The van der Waals surface area contributed by atoms with Crippen LogP contribution in [0.5, 0.6) is 5.75 Å². The van der Waals surface area contributed by atoms with Gasteiger partial charge in [-0.3, -0.25) is 4.79 Å². The van der Waals surface area contributed by atoms with Gasteiger partial charge >= 0.3 is 0 Å². The fraction of sp³-hybridized carbons (Fsp3) is 0.182. The van der Waals surface area contributed by atoms with Gasteiger partial charge < -0.3 is 10.1 Å². The number of amides is 1. The molecule has 1 heterocycles. The minimum atomic E-state index is -0.104. The van der Waals surface area contributed by atoms with Crippen molar-refractivity contribution >= 4 is 23.3 Å². The van der Waals surface area contributed by atoms with Crippen molar-refractivity contribution < 1.29 is 9.53 Å². The first-order chi connectivity index (χ1) is 13.2. The molecular formula is C22H22N2O2S. The maximum atomic E-state index is 11.9. The molecule has 27 heavy (non-hydrogen) atoms. The molecule has 1 aromatic heterocycles. The fourth-order valence-corrected chi connectivity index (χ4v) is 3.23. The number of rotatable bonds is 8. The highest BCUT2D eigenvalue weighted by Gasteiger charge is 2.00. The molecule has 0 saturated heterocycles. The molecule has 0 unspecified atom stereocenters. The van der Waals surface area contributed by atoms with Crippen molar-refractivity contribution in [1.82, 2.24) is 10.3 Å². The summed E-state index contributed by atoms with van der Waals surface area (Å²) in [7, 11) is 0. The summed E-state index contributed by atoms with van der Waals surface area (Å²) in [5, 5.41) is 5.94. The van der Waals surface area contributed by atoms with Gasteiger partial charge in [0.25, 0.3) is 0 Å². The lowest BCUT2D eigenvalue weighted by molar-refractivity contribution is -0.116. The highest BCUT2D eigenvalue weighted by atomic mass is 32.1. The summed E-state index contributed by atoms with van der Waals surface area (Å²) in [5.74, 6) is 0.701. The number of nitrogens with zero attached hydrogens (tertiary/aromatic N) is 1. The fourth-order valence-electron chi connectivity index (χ4n) is 2.46. The molecule has 0 radical (unpaired) electrons. The van der Waals surface area contributed by atoms with Gasteiger partial charge in [0, 0.05) is 30.1 Å². The summed E-state index contributed by atoms with van der Waals surface area (Å²) in [6.07, 6.45) is 4.10. The van der Waals surface area contributed by atoms with Gasteiger partial charge in [-0.1, -0.05) is 42.5 Å². The molecule has 0 atom stereocenters. The van der Waals surface area contributed by atoms with Crippen LogP contribution in [-0.2, 0) is 17.8 Å². The topological polar surface area (TPSA) is 51.2 Å². The highest BCUT2D eigenvalue weighted by Crippen LogP contribution is 2.15. The van der Waals surface area contributed by atoms with Crippen LogP contribution >= 0.6 is 11.3 Å². The molecule has 0 bridgehead atoms. The zero-order chi connectivity index (χ0) is 18.9. The second-order valence-corrected chi connectivity index (χ2v) is 7.04. The van der Waals surface area contributed by atoms with E-state index in [-0.39, 0.29) is 5.91 Å². The molecule has 3 rings (SSSR count). The monoisotopic (exact) mass is 378 g/mol. The van der Waals surface area contributed by atoms with Crippen LogP contribution in [0.25, 0.3) is 6.08 Å². The molecule has 0 spiro atoms. The normalized spacial score (nSPS) is 10.9. The van der Waals surface area contributed by atoms with E-state index < -0.39 is 0 Å². The Morgan fingerprint density at radius 3 is 2.63 bits per heavy atom. The molecule has 2 aromatic carbocycles. The standard InChI is InChI=1S/C22H22N2O2S/c1-17-16-27-22(24-17)13-14-23-21(25)12-9-18-7-10-20(11-8-18)26-15-19-5-3-2-4-6-19/h2-12,16H,13-15H2,1H3,(H,23,25)/b12-9+. The first-order valence-electron chi connectivity index (χ1n) is 8.83. The zero-order valence-corrected chi connectivity index (χ0v) is 16.0. The van der Waals surface area contributed by atoms with E-state index in [9.17, 15) is 4.79 Å². The van der Waals surface area contributed by atoms with E-state index in [1.807, 2.05) is 66.9 Å². The summed E-state index contributed by atoms with van der Waals surface area (Å²) in [4.78, 5) is 16.3. The van der Waals surface area contributed by atoms with Crippen molar-refractivity contribution in [1.29, 1.82) is 0 Å². The molecule has 0 aliphatic carbocycles. The maximum Gasteiger partial charge on any atom is 0.244 e. The average molecular weight is 378 g/mol. The predicted molar refractivity (Wildman–Crippen MR) is 110 cm³/mol. The third-order valence-corrected chi connectivity index (χ3v) is 4.89. The Morgan fingerprint density at radius 1 is 1.15 bits per heavy atom. The first kappa shape index (κ1) is 18.9. The Bertz CT molecular complexity index is 886. The number of carbonyl (C=O) groups is 1. The van der Waals surface area contributed by atoms with Crippen LogP contribution in [0, 0.1) is 6.92 Å². The largest absolute Gasteiger partial charge is 0.489 e. The lowest BCUT2D eigenvalue weighted by Crippen LogP contribution is -2.23. The number of thiazole rings is 1. The minimum Gasteiger partial charge on any atom is -0.489 e. The minimum absolute atomic E-state index is 0.104. The number of hydrogen-bond acceptors (Lipinski definition) is 4. The van der Waals surface area contributed by atoms with Gasteiger partial charge in [0.2, 0.25) is 5.91 Å². The summed E-state index contributed by atoms with van der Waals surface area (Å²) in [6, 6.07) is 17.7. The predicted octanol–water partition coefficient (Wildman–Crippen LogP) is 4.40. The van der Waals surface area contributed by atoms with E-state index in [0.717, 1.165) is 34.0 Å². The summed E-state index contributed by atoms with van der Waals surface area (Å²) in [6.45, 7) is 3.10. The first-order valence-corrected chi connectivity index (χ1v) is 9.71. The highest BCUT2D eigenvalue weighted by molar-refractivity contribution is 7.09. The molecule has 4 nitrogen and oxygen atoms in total. The quantitative estimate of drug-likeness (QED) is 0.591. The molecule has 5 heteroatoms.